The zero-order chi connectivity index (χ0) is 107. The Kier molecular flexibility index (Phi) is 1470. The molecule has 0 aliphatic heterocycles. The molecule has 0 fully saturated rings. The van der Waals surface area contributed by atoms with E-state index < -0.39 is 4.84 Å². The van der Waals surface area contributed by atoms with E-state index in [9.17, 15) is 0 Å². The first-order valence-corrected chi connectivity index (χ1v) is 63.0. The van der Waals surface area contributed by atoms with Crippen LogP contribution >= 0.6 is 905 Å². The summed E-state index contributed by atoms with van der Waals surface area (Å²) in [4.78, 5) is -0.616. The molecule has 0 aromatic carbocycles. The van der Waals surface area contributed by atoms with Gasteiger partial charge in [0.15, 0.2) is 0 Å². The van der Waals surface area contributed by atoms with Crippen molar-refractivity contribution in [1.82, 2.24) is 0 Å². The van der Waals surface area contributed by atoms with Gasteiger partial charge in [-0.25, -0.2) is 0 Å². The van der Waals surface area contributed by atoms with Crippen molar-refractivity contribution in [3.63, 3.8) is 0 Å². The fraction of sp³-hybridized carbons (Fsp3) is 1.00. The minimum atomic E-state index is -0.616. The molecule has 0 spiro atoms. The summed E-state index contributed by atoms with van der Waals surface area (Å²) < 4.78 is 0. The molecule has 0 unspecified atom stereocenters. The quantitative estimate of drug-likeness (QED) is 0.260. The number of rotatable bonds is 1. The lowest BCUT2D eigenvalue weighted by molar-refractivity contribution is 0.313. The van der Waals surface area contributed by atoms with Crippen LogP contribution in [0.15, 0.2) is 0 Å². The fourth-order valence-electron chi connectivity index (χ4n) is 0. The molecule has 0 radical (unpaired) electrons. The van der Waals surface area contributed by atoms with Gasteiger partial charge in [0.05, 0.1) is 209 Å². The molecule has 0 aromatic rings. The zero-order valence-corrected chi connectivity index (χ0v) is 117. The molecule has 1 nitrogen and oxygen atoms in total. The maximum Gasteiger partial charge on any atom is 0.130 e. The Balaban J connectivity index is -0.0000000149. The first kappa shape index (κ1) is 266. The van der Waals surface area contributed by atoms with Gasteiger partial charge in [-0.1, -0.05) is 0 Å². The van der Waals surface area contributed by atoms with Gasteiger partial charge < -0.3 is 5.11 Å². The highest BCUT2D eigenvalue weighted by atomic mass is 35.6. The molecule has 0 heterocycles. The van der Waals surface area contributed by atoms with Crippen molar-refractivity contribution >= 4 is 905 Å². The van der Waals surface area contributed by atoms with E-state index in [0.717, 1.165) is 0 Å². The largest absolute Gasteiger partial charge is 0.394 e. The normalized spacial score (nSPS) is 6.15. The molecule has 79 heteroatoms. The van der Waals surface area contributed by atoms with Crippen molar-refractivity contribution in [3.05, 3.63) is 0 Å². The highest BCUT2D eigenvalue weighted by Gasteiger charge is 1.88. The van der Waals surface area contributed by atoms with Crippen LogP contribution in [0.5, 0.6) is 0 Å². The van der Waals surface area contributed by atoms with E-state index in [1.54, 1.807) is 0 Å². The molecule has 0 aliphatic rings. The van der Waals surface area contributed by atoms with Crippen LogP contribution in [0.1, 0.15) is 0 Å². The molecule has 119 heavy (non-hydrogen) atoms. The van der Waals surface area contributed by atoms with Gasteiger partial charge in [-0.05, 0) is 0 Å². The average molecular weight is 3340 g/mol. The van der Waals surface area contributed by atoms with E-state index in [2.05, 4.69) is 0 Å². The Hall–Kier alpha value is 22.6. The summed E-state index contributed by atoms with van der Waals surface area (Å²) in [6.45, 7) is -0.164. The zero-order valence-electron chi connectivity index (χ0n) is 58.1. The molecular formula is C40H80Cl78O. The second-order valence-corrected chi connectivity index (χ2v) is 36.4. The van der Waals surface area contributed by atoms with Gasteiger partial charge in [0.2, 0.25) is 0 Å². The van der Waals surface area contributed by atoms with Crippen LogP contribution in [0.4, 0.5) is 0 Å². The third-order valence-electron chi connectivity index (χ3n) is 0.138. The maximum absolute atomic E-state index is 7.88. The van der Waals surface area contributed by atoms with Crippen LogP contribution < -0.4 is 0 Å². The molecule has 0 saturated carbocycles. The minimum absolute atomic E-state index is 0.164. The van der Waals surface area contributed by atoms with Gasteiger partial charge in [0.1, 0.15) is 4.84 Å². The summed E-state index contributed by atoms with van der Waals surface area (Å²) in [7, 11) is 0. The number of hydrogen-bond donors (Lipinski definition) is 1. The summed E-state index contributed by atoms with van der Waals surface area (Å²) in [6, 6.07) is 0. The average Bonchev–Trinajstić information content (AvgIpc) is 3.62. The second kappa shape index (κ2) is 657. The Labute approximate surface area is 1100 Å². The van der Waals surface area contributed by atoms with Crippen molar-refractivity contribution in [2.45, 2.75) is 4.84 Å². The molecule has 1 N–H and O–H groups in total. The predicted octanol–water partition coefficient (Wildman–Crippen LogP) is 54.8. The molecule has 0 bridgehead atoms. The van der Waals surface area contributed by atoms with E-state index in [1.807, 2.05) is 0 Å². The summed E-state index contributed by atoms with van der Waals surface area (Å²) in [6.07, 6.45) is 0. The summed E-state index contributed by atoms with van der Waals surface area (Å²) in [5.74, 6) is 0. The Morgan fingerprint density at radius 1 is 0.0840 bits per heavy atom. The van der Waals surface area contributed by atoms with Crippen molar-refractivity contribution in [3.8, 4) is 0 Å². The van der Waals surface area contributed by atoms with Crippen molar-refractivity contribution in [2.24, 2.45) is 0 Å². The standard InChI is InChI=1S/C2H4Cl2O.38CH2Cl2/c3-2(4)1-5;38*2-1-3/h2,5H,1H2;38*1H2. The maximum atomic E-state index is 7.88. The fourth-order valence-corrected chi connectivity index (χ4v) is 0. The van der Waals surface area contributed by atoms with Crippen LogP contribution in [-0.2, 0) is 0 Å². The van der Waals surface area contributed by atoms with Crippen LogP contribution in [0.2, 0.25) is 0 Å². The predicted molar refractivity (Wildman–Crippen MR) is 652 cm³/mol. The van der Waals surface area contributed by atoms with E-state index >= 15 is 0 Å². The number of halogens is 78. The van der Waals surface area contributed by atoms with Crippen molar-refractivity contribution in [2.75, 3.05) is 209 Å². The summed E-state index contributed by atoms with van der Waals surface area (Å²) in [5.41, 5.74) is 0. The number of aliphatic hydroxyl groups excluding tert-OH is 1. The molecule has 0 saturated heterocycles. The third-order valence-corrected chi connectivity index (χ3v) is 0.414. The number of aliphatic hydroxyl groups is 1. The van der Waals surface area contributed by atoms with E-state index in [0.29, 0.717) is 0 Å². The van der Waals surface area contributed by atoms with Crippen LogP contribution in [0.3, 0.4) is 0 Å². The Morgan fingerprint density at radius 2 is 0.0924 bits per heavy atom. The summed E-state index contributed by atoms with van der Waals surface area (Å²) >= 11 is 372. The topological polar surface area (TPSA) is 20.2 Å². The van der Waals surface area contributed by atoms with Gasteiger partial charge in [0.25, 0.3) is 0 Å². The van der Waals surface area contributed by atoms with Gasteiger partial charge in [0, 0.05) is 0 Å². The SMILES string of the molecule is ClCCl.ClCCl.ClCCl.ClCCl.ClCCl.ClCCl.ClCCl.ClCCl.ClCCl.ClCCl.ClCCl.ClCCl.ClCCl.ClCCl.ClCCl.ClCCl.ClCCl.ClCCl.ClCCl.ClCCl.ClCCl.ClCCl.ClCCl.ClCCl.ClCCl.ClCCl.ClCCl.ClCCl.ClCCl.ClCCl.ClCCl.ClCCl.ClCCl.ClCCl.ClCCl.ClCCl.ClCCl.ClCCl.OCC(Cl)Cl. The first-order valence-electron chi connectivity index (χ1n) is 21.5. The lowest BCUT2D eigenvalue weighted by Gasteiger charge is -1.84. The minimum Gasteiger partial charge on any atom is -0.394 e. The second-order valence-electron chi connectivity index (χ2n) is 4.41. The van der Waals surface area contributed by atoms with Crippen LogP contribution in [0, 0.1) is 0 Å². The molecule has 792 valence electrons. The summed E-state index contributed by atoms with van der Waals surface area (Å²) in [5, 5.41) is 15.3. The Bertz CT molecular complexity index is 369. The lowest BCUT2D eigenvalue weighted by atomic mass is 10.9. The molecule has 0 amide bonds. The highest BCUT2D eigenvalue weighted by molar-refractivity contribution is 6.51. The van der Waals surface area contributed by atoms with Crippen molar-refractivity contribution in [1.29, 1.82) is 0 Å². The highest BCUT2D eigenvalue weighted by Crippen LogP contribution is 1.96. The van der Waals surface area contributed by atoms with Crippen LogP contribution in [0.25, 0.3) is 0 Å². The van der Waals surface area contributed by atoms with Gasteiger partial charge in [-0.3, -0.25) is 0 Å². The van der Waals surface area contributed by atoms with Gasteiger partial charge >= 0.3 is 0 Å². The molecule has 0 aromatic heterocycles. The molecule has 0 atom stereocenters. The third kappa shape index (κ3) is 4470. The lowest BCUT2D eigenvalue weighted by Crippen LogP contribution is -1.90. The van der Waals surface area contributed by atoms with Gasteiger partial charge in [-0.15, -0.1) is 905 Å². The number of alkyl halides is 78. The first-order chi connectivity index (χ1) is 56.0. The smallest absolute Gasteiger partial charge is 0.130 e. The van der Waals surface area contributed by atoms with E-state index in [1.165, 1.54) is 0 Å². The molecule has 0 rings (SSSR count). The molecular weight excluding hydrogens is 3260 g/mol. The van der Waals surface area contributed by atoms with E-state index in [4.69, 9.17) is 910 Å². The molecule has 0 aliphatic carbocycles. The monoisotopic (exact) mass is 3300 g/mol. The Morgan fingerprint density at radius 3 is 0.0924 bits per heavy atom. The van der Waals surface area contributed by atoms with Crippen molar-refractivity contribution < 1.29 is 5.11 Å². The van der Waals surface area contributed by atoms with Crippen LogP contribution in [-0.4, -0.2) is 219 Å². The van der Waals surface area contributed by atoms with E-state index in [-0.39, 0.29) is 209 Å². The number of hydrogen-bond acceptors (Lipinski definition) is 1. The van der Waals surface area contributed by atoms with Gasteiger partial charge in [-0.2, -0.15) is 0 Å².